The van der Waals surface area contributed by atoms with Crippen molar-refractivity contribution in [3.63, 3.8) is 0 Å². The van der Waals surface area contributed by atoms with Crippen molar-refractivity contribution in [1.82, 2.24) is 0 Å². The van der Waals surface area contributed by atoms with Crippen LogP contribution in [0.2, 0.25) is 0 Å². The van der Waals surface area contributed by atoms with Gasteiger partial charge in [-0.2, -0.15) is 0 Å². The van der Waals surface area contributed by atoms with Crippen LogP contribution in [0.15, 0.2) is 18.2 Å². The van der Waals surface area contributed by atoms with Gasteiger partial charge in [-0.25, -0.2) is 0 Å². The van der Waals surface area contributed by atoms with E-state index in [-0.39, 0.29) is 0 Å². The predicted octanol–water partition coefficient (Wildman–Crippen LogP) is 4.93. The predicted molar refractivity (Wildman–Crippen MR) is 85.4 cm³/mol. The van der Waals surface area contributed by atoms with Crippen LogP contribution in [0.25, 0.3) is 0 Å². The summed E-state index contributed by atoms with van der Waals surface area (Å²) in [6.45, 7) is 4.42. The summed E-state index contributed by atoms with van der Waals surface area (Å²) in [5, 5.41) is 0. The normalized spacial score (nSPS) is 21.9. The van der Waals surface area contributed by atoms with Crippen molar-refractivity contribution in [3.8, 4) is 17.6 Å². The van der Waals surface area contributed by atoms with E-state index in [2.05, 4.69) is 37.8 Å². The average Bonchev–Trinajstić information content (AvgIpc) is 2.44. The molecule has 1 saturated carbocycles. The number of ether oxygens (including phenoxy) is 1. The summed E-state index contributed by atoms with van der Waals surface area (Å²) < 4.78 is 6.15. The first-order valence-corrected chi connectivity index (χ1v) is 8.04. The summed E-state index contributed by atoms with van der Waals surface area (Å²) in [4.78, 5) is 0. The molecule has 1 aromatic rings. The Morgan fingerprint density at radius 1 is 1.25 bits per heavy atom. The summed E-state index contributed by atoms with van der Waals surface area (Å²) >= 11 is 5.62. The van der Waals surface area contributed by atoms with Crippen LogP contribution < -0.4 is 4.74 Å². The van der Waals surface area contributed by atoms with E-state index in [4.69, 9.17) is 16.3 Å². The summed E-state index contributed by atoms with van der Waals surface area (Å²) in [5.41, 5.74) is 2.21. The highest BCUT2D eigenvalue weighted by Gasteiger charge is 2.19. The third kappa shape index (κ3) is 4.46. The van der Waals surface area contributed by atoms with Gasteiger partial charge in [-0.1, -0.05) is 18.8 Å². The third-order valence-electron chi connectivity index (χ3n) is 3.88. The topological polar surface area (TPSA) is 9.23 Å². The van der Waals surface area contributed by atoms with Crippen molar-refractivity contribution in [2.45, 2.75) is 52.1 Å². The molecule has 0 saturated heterocycles. The largest absolute Gasteiger partial charge is 0.490 e. The Morgan fingerprint density at radius 2 is 2.00 bits per heavy atom. The van der Waals surface area contributed by atoms with Crippen molar-refractivity contribution < 1.29 is 4.74 Å². The molecule has 2 rings (SSSR count). The molecule has 0 bridgehead atoms. The highest BCUT2D eigenvalue weighted by atomic mass is 35.5. The second-order valence-electron chi connectivity index (χ2n) is 5.72. The molecular formula is C18H23ClO. The number of aryl methyl sites for hydroxylation is 1. The number of rotatable bonds is 3. The van der Waals surface area contributed by atoms with E-state index in [1.54, 1.807) is 0 Å². The van der Waals surface area contributed by atoms with Crippen molar-refractivity contribution in [1.29, 1.82) is 0 Å². The van der Waals surface area contributed by atoms with Crippen LogP contribution in [0.3, 0.4) is 0 Å². The van der Waals surface area contributed by atoms with Gasteiger partial charge in [0.1, 0.15) is 5.75 Å². The van der Waals surface area contributed by atoms with Gasteiger partial charge in [0.15, 0.2) is 0 Å². The van der Waals surface area contributed by atoms with E-state index in [1.165, 1.54) is 31.2 Å². The zero-order chi connectivity index (χ0) is 14.4. The lowest BCUT2D eigenvalue weighted by atomic mass is 9.89. The Morgan fingerprint density at radius 3 is 2.65 bits per heavy atom. The van der Waals surface area contributed by atoms with Gasteiger partial charge in [0.05, 0.1) is 6.10 Å². The maximum absolute atomic E-state index is 6.15. The fourth-order valence-corrected chi connectivity index (χ4v) is 2.69. The second kappa shape index (κ2) is 7.60. The zero-order valence-electron chi connectivity index (χ0n) is 12.4. The second-order valence-corrected chi connectivity index (χ2v) is 6.10. The lowest BCUT2D eigenvalue weighted by molar-refractivity contribution is 0.134. The first-order chi connectivity index (χ1) is 9.69. The molecule has 0 aromatic heterocycles. The van der Waals surface area contributed by atoms with Gasteiger partial charge in [0.2, 0.25) is 0 Å². The van der Waals surface area contributed by atoms with Crippen LogP contribution in [-0.2, 0) is 0 Å². The molecule has 0 atom stereocenters. The molecule has 1 aromatic carbocycles. The molecule has 0 aliphatic heterocycles. The number of alkyl halides is 1. The summed E-state index contributed by atoms with van der Waals surface area (Å²) in [6.07, 6.45) is 6.05. The molecule has 0 unspecified atom stereocenters. The monoisotopic (exact) mass is 290 g/mol. The molecule has 2 heteroatoms. The van der Waals surface area contributed by atoms with Crippen LogP contribution >= 0.6 is 11.6 Å². The van der Waals surface area contributed by atoms with E-state index in [0.29, 0.717) is 12.0 Å². The highest BCUT2D eigenvalue weighted by molar-refractivity contribution is 6.18. The fourth-order valence-electron chi connectivity index (χ4n) is 2.60. The maximum Gasteiger partial charge on any atom is 0.122 e. The van der Waals surface area contributed by atoms with Gasteiger partial charge in [0, 0.05) is 17.9 Å². The van der Waals surface area contributed by atoms with Crippen molar-refractivity contribution in [2.75, 3.05) is 5.88 Å². The SMILES string of the molecule is Cc1cc(C#CCCCl)ccc1OC1CCC(C)CC1. The molecule has 1 fully saturated rings. The Balaban J connectivity index is 1.98. The van der Waals surface area contributed by atoms with Crippen LogP contribution in [0.4, 0.5) is 0 Å². The quantitative estimate of drug-likeness (QED) is 0.566. The molecule has 20 heavy (non-hydrogen) atoms. The van der Waals surface area contributed by atoms with E-state index in [9.17, 15) is 0 Å². The molecule has 1 aliphatic carbocycles. The molecule has 0 amide bonds. The minimum atomic E-state index is 0.387. The fraction of sp³-hybridized carbons (Fsp3) is 0.556. The minimum Gasteiger partial charge on any atom is -0.490 e. The molecular weight excluding hydrogens is 268 g/mol. The Hall–Kier alpha value is -1.13. The average molecular weight is 291 g/mol. The van der Waals surface area contributed by atoms with Gasteiger partial charge in [-0.05, 0) is 62.3 Å². The smallest absolute Gasteiger partial charge is 0.122 e. The third-order valence-corrected chi connectivity index (χ3v) is 4.07. The van der Waals surface area contributed by atoms with E-state index in [1.807, 2.05) is 6.07 Å². The lowest BCUT2D eigenvalue weighted by Crippen LogP contribution is -2.23. The van der Waals surface area contributed by atoms with Gasteiger partial charge in [-0.15, -0.1) is 11.6 Å². The van der Waals surface area contributed by atoms with Gasteiger partial charge >= 0.3 is 0 Å². The molecule has 0 radical (unpaired) electrons. The number of halogens is 1. The van der Waals surface area contributed by atoms with Crippen LogP contribution in [-0.4, -0.2) is 12.0 Å². The molecule has 0 N–H and O–H groups in total. The van der Waals surface area contributed by atoms with Gasteiger partial charge < -0.3 is 4.74 Å². The number of hydrogen-bond acceptors (Lipinski definition) is 1. The van der Waals surface area contributed by atoms with Crippen molar-refractivity contribution in [2.24, 2.45) is 5.92 Å². The Kier molecular flexibility index (Phi) is 5.80. The maximum atomic E-state index is 6.15. The van der Waals surface area contributed by atoms with Crippen LogP contribution in [0.5, 0.6) is 5.75 Å². The number of benzene rings is 1. The summed E-state index contributed by atoms with van der Waals surface area (Å²) in [7, 11) is 0. The van der Waals surface area contributed by atoms with E-state index < -0.39 is 0 Å². The van der Waals surface area contributed by atoms with Crippen LogP contribution in [0.1, 0.15) is 50.2 Å². The summed E-state index contributed by atoms with van der Waals surface area (Å²) in [5.74, 6) is 8.65. The zero-order valence-corrected chi connectivity index (χ0v) is 13.2. The molecule has 1 aliphatic rings. The van der Waals surface area contributed by atoms with Gasteiger partial charge in [0.25, 0.3) is 0 Å². The summed E-state index contributed by atoms with van der Waals surface area (Å²) in [6, 6.07) is 6.19. The Labute approximate surface area is 127 Å². The number of hydrogen-bond donors (Lipinski definition) is 0. The molecule has 0 heterocycles. The molecule has 0 spiro atoms. The van der Waals surface area contributed by atoms with E-state index >= 15 is 0 Å². The van der Waals surface area contributed by atoms with Crippen molar-refractivity contribution >= 4 is 11.6 Å². The first kappa shape index (κ1) is 15.3. The van der Waals surface area contributed by atoms with Crippen molar-refractivity contribution in [3.05, 3.63) is 29.3 Å². The minimum absolute atomic E-state index is 0.387. The van der Waals surface area contributed by atoms with Gasteiger partial charge in [-0.3, -0.25) is 0 Å². The molecule has 108 valence electrons. The van der Waals surface area contributed by atoms with Crippen LogP contribution in [0, 0.1) is 24.7 Å². The lowest BCUT2D eigenvalue weighted by Gasteiger charge is -2.27. The Bertz CT molecular complexity index is 490. The van der Waals surface area contributed by atoms with E-state index in [0.717, 1.165) is 23.7 Å². The highest BCUT2D eigenvalue weighted by Crippen LogP contribution is 2.28. The standard InChI is InChI=1S/C18H23ClO/c1-14-6-9-17(10-7-14)20-18-11-8-16(13-15(18)2)5-3-4-12-19/h8,11,13-14,17H,4,6-7,9-10,12H2,1-2H3. The molecule has 1 nitrogen and oxygen atoms in total. The first-order valence-electron chi connectivity index (χ1n) is 7.51.